The van der Waals surface area contributed by atoms with Crippen LogP contribution in [0.25, 0.3) is 0 Å². The molecular weight excluding hydrogens is 290 g/mol. The molecule has 1 aliphatic rings. The van der Waals surface area contributed by atoms with Crippen molar-refractivity contribution < 1.29 is 29.0 Å². The predicted molar refractivity (Wildman–Crippen MR) is 78.4 cm³/mol. The lowest BCUT2D eigenvalue weighted by atomic mass is 9.98. The number of rotatable bonds is 5. The molecule has 0 bridgehead atoms. The first-order chi connectivity index (χ1) is 10.2. The van der Waals surface area contributed by atoms with Gasteiger partial charge in [-0.1, -0.05) is 6.42 Å². The highest BCUT2D eigenvalue weighted by molar-refractivity contribution is 5.85. The van der Waals surface area contributed by atoms with Crippen LogP contribution in [-0.2, 0) is 19.1 Å². The molecular formula is C15H25NO6. The van der Waals surface area contributed by atoms with Gasteiger partial charge in [-0.05, 0) is 46.5 Å². The number of hydrogen-bond acceptors (Lipinski definition) is 5. The SMILES string of the molecule is CC(C)(C)OC(=O)N[C@@H](CC(=O)O)C(=O)OC1CCCCC1. The maximum Gasteiger partial charge on any atom is 0.408 e. The molecule has 1 aliphatic carbocycles. The third-order valence-electron chi connectivity index (χ3n) is 3.19. The van der Waals surface area contributed by atoms with Crippen molar-refractivity contribution in [1.29, 1.82) is 0 Å². The number of carbonyl (C=O) groups is 3. The van der Waals surface area contributed by atoms with Crippen LogP contribution >= 0.6 is 0 Å². The van der Waals surface area contributed by atoms with Gasteiger partial charge in [-0.2, -0.15) is 0 Å². The molecule has 1 atom stereocenters. The third kappa shape index (κ3) is 7.28. The number of alkyl carbamates (subject to hydrolysis) is 1. The zero-order chi connectivity index (χ0) is 16.8. The number of carboxylic acids is 1. The smallest absolute Gasteiger partial charge is 0.408 e. The molecule has 0 heterocycles. The van der Waals surface area contributed by atoms with E-state index in [0.29, 0.717) is 0 Å². The molecule has 0 aromatic carbocycles. The Morgan fingerprint density at radius 1 is 1.18 bits per heavy atom. The summed E-state index contributed by atoms with van der Waals surface area (Å²) in [5.41, 5.74) is -0.731. The molecule has 1 amide bonds. The Morgan fingerprint density at radius 2 is 1.77 bits per heavy atom. The summed E-state index contributed by atoms with van der Waals surface area (Å²) in [6, 6.07) is -1.24. The molecule has 22 heavy (non-hydrogen) atoms. The molecule has 0 aromatic heterocycles. The highest BCUT2D eigenvalue weighted by Crippen LogP contribution is 2.21. The van der Waals surface area contributed by atoms with Crippen LogP contribution in [0.2, 0.25) is 0 Å². The second-order valence-electron chi connectivity index (χ2n) is 6.49. The highest BCUT2D eigenvalue weighted by atomic mass is 16.6. The summed E-state index contributed by atoms with van der Waals surface area (Å²) < 4.78 is 10.4. The first-order valence-corrected chi connectivity index (χ1v) is 7.59. The number of aliphatic carboxylic acids is 1. The number of nitrogens with one attached hydrogen (secondary N) is 1. The molecule has 1 fully saturated rings. The van der Waals surface area contributed by atoms with Gasteiger partial charge < -0.3 is 19.9 Å². The zero-order valence-electron chi connectivity index (χ0n) is 13.4. The van der Waals surface area contributed by atoms with E-state index in [9.17, 15) is 14.4 Å². The van der Waals surface area contributed by atoms with Crippen LogP contribution < -0.4 is 5.32 Å². The summed E-state index contributed by atoms with van der Waals surface area (Å²) in [6.45, 7) is 5.04. The lowest BCUT2D eigenvalue weighted by Crippen LogP contribution is -2.46. The summed E-state index contributed by atoms with van der Waals surface area (Å²) in [6.07, 6.45) is 3.07. The van der Waals surface area contributed by atoms with Crippen molar-refractivity contribution in [3.63, 3.8) is 0 Å². The maximum atomic E-state index is 12.1. The Balaban J connectivity index is 2.59. The van der Waals surface area contributed by atoms with Crippen molar-refractivity contribution in [3.05, 3.63) is 0 Å². The Kier molecular flexibility index (Phi) is 6.64. The summed E-state index contributed by atoms with van der Waals surface area (Å²) in [7, 11) is 0. The number of carboxylic acid groups (broad SMARTS) is 1. The van der Waals surface area contributed by atoms with Crippen molar-refractivity contribution >= 4 is 18.0 Å². The molecule has 0 radical (unpaired) electrons. The number of amides is 1. The van der Waals surface area contributed by atoms with Crippen LogP contribution in [0, 0.1) is 0 Å². The van der Waals surface area contributed by atoms with Gasteiger partial charge in [-0.3, -0.25) is 4.79 Å². The molecule has 0 spiro atoms. The van der Waals surface area contributed by atoms with Gasteiger partial charge in [0.25, 0.3) is 0 Å². The van der Waals surface area contributed by atoms with Crippen LogP contribution in [0.3, 0.4) is 0 Å². The van der Waals surface area contributed by atoms with Gasteiger partial charge in [0.1, 0.15) is 17.7 Å². The molecule has 1 saturated carbocycles. The minimum absolute atomic E-state index is 0.196. The minimum atomic E-state index is -1.24. The molecule has 0 saturated heterocycles. The lowest BCUT2D eigenvalue weighted by Gasteiger charge is -2.25. The van der Waals surface area contributed by atoms with E-state index in [1.807, 2.05) is 0 Å². The summed E-state index contributed by atoms with van der Waals surface area (Å²) in [4.78, 5) is 34.7. The summed E-state index contributed by atoms with van der Waals surface area (Å²) >= 11 is 0. The standard InChI is InChI=1S/C15H25NO6/c1-15(2,3)22-14(20)16-11(9-12(17)18)13(19)21-10-7-5-4-6-8-10/h10-11H,4-9H2,1-3H3,(H,16,20)(H,17,18)/t11-/m0/s1. The summed E-state index contributed by atoms with van der Waals surface area (Å²) in [5, 5.41) is 11.2. The molecule has 7 heteroatoms. The monoisotopic (exact) mass is 315 g/mol. The van der Waals surface area contributed by atoms with E-state index in [-0.39, 0.29) is 6.10 Å². The van der Waals surface area contributed by atoms with Crippen molar-refractivity contribution in [1.82, 2.24) is 5.32 Å². The van der Waals surface area contributed by atoms with E-state index in [4.69, 9.17) is 14.6 Å². The highest BCUT2D eigenvalue weighted by Gasteiger charge is 2.29. The van der Waals surface area contributed by atoms with Crippen molar-refractivity contribution in [2.75, 3.05) is 0 Å². The van der Waals surface area contributed by atoms with E-state index in [1.165, 1.54) is 0 Å². The Labute approximate surface area is 130 Å². The average Bonchev–Trinajstić information content (AvgIpc) is 2.36. The van der Waals surface area contributed by atoms with Crippen molar-refractivity contribution in [2.24, 2.45) is 0 Å². The van der Waals surface area contributed by atoms with Gasteiger partial charge in [0.2, 0.25) is 0 Å². The largest absolute Gasteiger partial charge is 0.481 e. The van der Waals surface area contributed by atoms with Gasteiger partial charge >= 0.3 is 18.0 Å². The molecule has 1 rings (SSSR count). The second kappa shape index (κ2) is 8.00. The maximum absolute atomic E-state index is 12.1. The quantitative estimate of drug-likeness (QED) is 0.754. The molecule has 2 N–H and O–H groups in total. The third-order valence-corrected chi connectivity index (χ3v) is 3.19. The van der Waals surface area contributed by atoms with Crippen LogP contribution in [-0.4, -0.2) is 40.9 Å². The first kappa shape index (κ1) is 18.3. The van der Waals surface area contributed by atoms with Crippen LogP contribution in [0.5, 0.6) is 0 Å². The Hall–Kier alpha value is -1.79. The van der Waals surface area contributed by atoms with E-state index in [2.05, 4.69) is 5.32 Å². The lowest BCUT2D eigenvalue weighted by molar-refractivity contribution is -0.156. The fraction of sp³-hybridized carbons (Fsp3) is 0.800. The molecule has 0 aromatic rings. The van der Waals surface area contributed by atoms with E-state index < -0.39 is 36.1 Å². The van der Waals surface area contributed by atoms with Crippen LogP contribution in [0.4, 0.5) is 4.79 Å². The normalized spacial score (nSPS) is 17.4. The van der Waals surface area contributed by atoms with Gasteiger partial charge in [-0.15, -0.1) is 0 Å². The van der Waals surface area contributed by atoms with E-state index in [0.717, 1.165) is 32.1 Å². The topological polar surface area (TPSA) is 102 Å². The van der Waals surface area contributed by atoms with Gasteiger partial charge in [0, 0.05) is 0 Å². The van der Waals surface area contributed by atoms with E-state index >= 15 is 0 Å². The Morgan fingerprint density at radius 3 is 2.27 bits per heavy atom. The van der Waals surface area contributed by atoms with Crippen LogP contribution in [0.1, 0.15) is 59.3 Å². The molecule has 0 unspecified atom stereocenters. The van der Waals surface area contributed by atoms with E-state index in [1.54, 1.807) is 20.8 Å². The molecule has 0 aliphatic heterocycles. The number of ether oxygens (including phenoxy) is 2. The molecule has 7 nitrogen and oxygen atoms in total. The summed E-state index contributed by atoms with van der Waals surface area (Å²) in [5.74, 6) is -1.91. The Bertz CT molecular complexity index is 409. The fourth-order valence-electron chi connectivity index (χ4n) is 2.25. The van der Waals surface area contributed by atoms with Crippen LogP contribution in [0.15, 0.2) is 0 Å². The van der Waals surface area contributed by atoms with Gasteiger partial charge in [0.05, 0.1) is 6.42 Å². The number of carbonyl (C=O) groups excluding carboxylic acids is 2. The number of esters is 1. The first-order valence-electron chi connectivity index (χ1n) is 7.59. The van der Waals surface area contributed by atoms with Gasteiger partial charge in [-0.25, -0.2) is 9.59 Å². The second-order valence-corrected chi connectivity index (χ2v) is 6.49. The minimum Gasteiger partial charge on any atom is -0.481 e. The zero-order valence-corrected chi connectivity index (χ0v) is 13.4. The number of hydrogen-bond donors (Lipinski definition) is 2. The fourth-order valence-corrected chi connectivity index (χ4v) is 2.25. The molecule has 126 valence electrons. The van der Waals surface area contributed by atoms with Crippen molar-refractivity contribution in [3.8, 4) is 0 Å². The predicted octanol–water partition coefficient (Wildman–Crippen LogP) is 2.23. The van der Waals surface area contributed by atoms with Crippen molar-refractivity contribution in [2.45, 2.75) is 77.0 Å². The van der Waals surface area contributed by atoms with Gasteiger partial charge in [0.15, 0.2) is 0 Å². The average molecular weight is 315 g/mol.